The van der Waals surface area contributed by atoms with Gasteiger partial charge in [0, 0.05) is 25.6 Å². The minimum Gasteiger partial charge on any atom is -0.497 e. The van der Waals surface area contributed by atoms with Gasteiger partial charge < -0.3 is 19.7 Å². The van der Waals surface area contributed by atoms with E-state index in [0.29, 0.717) is 12.3 Å². The van der Waals surface area contributed by atoms with E-state index in [1.807, 2.05) is 75.4 Å². The zero-order valence-corrected chi connectivity index (χ0v) is 28.4. The molecule has 47 heavy (non-hydrogen) atoms. The van der Waals surface area contributed by atoms with Crippen molar-refractivity contribution in [3.05, 3.63) is 120 Å². The Morgan fingerprint density at radius 2 is 1.47 bits per heavy atom. The third-order valence-electron chi connectivity index (χ3n) is 7.66. The van der Waals surface area contributed by atoms with Gasteiger partial charge in [-0.25, -0.2) is 8.42 Å². The molecule has 0 saturated heterocycles. The Morgan fingerprint density at radius 1 is 0.809 bits per heavy atom. The Hall–Kier alpha value is -4.83. The van der Waals surface area contributed by atoms with Crippen LogP contribution in [0.4, 0.5) is 5.69 Å². The fraction of sp³-hybridized carbons (Fsp3) is 0.297. The number of anilines is 1. The monoisotopic (exact) mass is 657 g/mol. The molecule has 4 aromatic rings. The lowest BCUT2D eigenvalue weighted by Crippen LogP contribution is -2.53. The molecular formula is C37H43N3O6S. The lowest BCUT2D eigenvalue weighted by Gasteiger charge is -2.34. The van der Waals surface area contributed by atoms with Gasteiger partial charge in [0.25, 0.3) is 10.0 Å². The van der Waals surface area contributed by atoms with E-state index in [9.17, 15) is 18.0 Å². The molecular weight excluding hydrogens is 614 g/mol. The molecule has 0 heterocycles. The van der Waals surface area contributed by atoms with Gasteiger partial charge in [-0.15, -0.1) is 0 Å². The predicted molar refractivity (Wildman–Crippen MR) is 184 cm³/mol. The number of aryl methyl sites for hydroxylation is 1. The maximum atomic E-state index is 14.7. The summed E-state index contributed by atoms with van der Waals surface area (Å²) in [5, 5.41) is 3.01. The molecule has 0 aliphatic carbocycles. The molecule has 0 radical (unpaired) electrons. The molecule has 1 N–H and O–H groups in total. The number of sulfonamides is 1. The minimum atomic E-state index is -4.30. The van der Waals surface area contributed by atoms with Crippen molar-refractivity contribution in [3.63, 3.8) is 0 Å². The van der Waals surface area contributed by atoms with E-state index in [1.54, 1.807) is 30.3 Å². The maximum Gasteiger partial charge on any atom is 0.264 e. The first-order valence-electron chi connectivity index (χ1n) is 15.5. The Bertz CT molecular complexity index is 1750. The zero-order chi connectivity index (χ0) is 34.0. The third kappa shape index (κ3) is 9.13. The number of carbonyl (C=O) groups is 2. The molecule has 0 aliphatic heterocycles. The summed E-state index contributed by atoms with van der Waals surface area (Å²) < 4.78 is 40.7. The van der Waals surface area contributed by atoms with E-state index < -0.39 is 28.5 Å². The van der Waals surface area contributed by atoms with Crippen LogP contribution in [-0.4, -0.2) is 58.5 Å². The van der Waals surface area contributed by atoms with Gasteiger partial charge in [0.15, 0.2) is 0 Å². The number of amides is 2. The van der Waals surface area contributed by atoms with Crippen LogP contribution in [0.5, 0.6) is 11.5 Å². The van der Waals surface area contributed by atoms with Crippen LogP contribution in [0, 0.1) is 12.8 Å². The van der Waals surface area contributed by atoms with Crippen LogP contribution in [0.3, 0.4) is 0 Å². The van der Waals surface area contributed by atoms with Crippen LogP contribution in [0.15, 0.2) is 108 Å². The number of rotatable bonds is 15. The van der Waals surface area contributed by atoms with Crippen LogP contribution in [0.25, 0.3) is 0 Å². The molecule has 4 aromatic carbocycles. The summed E-state index contributed by atoms with van der Waals surface area (Å²) in [7, 11) is -1.39. The molecule has 9 nitrogen and oxygen atoms in total. The van der Waals surface area contributed by atoms with Crippen molar-refractivity contribution in [3.8, 4) is 11.5 Å². The summed E-state index contributed by atoms with van der Waals surface area (Å²) >= 11 is 0. The number of carbonyl (C=O) groups excluding carboxylic acids is 2. The average molecular weight is 658 g/mol. The number of hydrogen-bond donors (Lipinski definition) is 1. The Labute approximate surface area is 278 Å². The van der Waals surface area contributed by atoms with Crippen molar-refractivity contribution in [2.45, 2.75) is 44.7 Å². The van der Waals surface area contributed by atoms with E-state index in [1.165, 1.54) is 37.3 Å². The highest BCUT2D eigenvalue weighted by Crippen LogP contribution is 2.36. The predicted octanol–water partition coefficient (Wildman–Crippen LogP) is 5.62. The van der Waals surface area contributed by atoms with E-state index >= 15 is 0 Å². The number of nitrogens with zero attached hydrogens (tertiary/aromatic N) is 2. The molecule has 10 heteroatoms. The second kappa shape index (κ2) is 16.1. The third-order valence-corrected chi connectivity index (χ3v) is 9.43. The van der Waals surface area contributed by atoms with Gasteiger partial charge in [-0.1, -0.05) is 92.2 Å². The SMILES string of the molecule is COc1ccc(OC)c(N(CC(=O)N(Cc2cccc(C)c2)C(Cc2ccccc2)C(=O)NCC(C)C)S(=O)(=O)c2ccccc2)c1. The van der Waals surface area contributed by atoms with Gasteiger partial charge >= 0.3 is 0 Å². The van der Waals surface area contributed by atoms with Crippen molar-refractivity contribution in [1.29, 1.82) is 0 Å². The highest BCUT2D eigenvalue weighted by molar-refractivity contribution is 7.92. The molecule has 2 amide bonds. The van der Waals surface area contributed by atoms with Gasteiger partial charge in [0.1, 0.15) is 24.1 Å². The second-order valence-corrected chi connectivity index (χ2v) is 13.6. The van der Waals surface area contributed by atoms with Crippen LogP contribution >= 0.6 is 0 Å². The minimum absolute atomic E-state index is 0.00146. The molecule has 0 aliphatic rings. The van der Waals surface area contributed by atoms with Crippen molar-refractivity contribution in [1.82, 2.24) is 10.2 Å². The molecule has 1 atom stereocenters. The van der Waals surface area contributed by atoms with Gasteiger partial charge in [-0.3, -0.25) is 13.9 Å². The highest BCUT2D eigenvalue weighted by atomic mass is 32.2. The van der Waals surface area contributed by atoms with E-state index in [-0.39, 0.29) is 41.1 Å². The lowest BCUT2D eigenvalue weighted by molar-refractivity contribution is -0.140. The van der Waals surface area contributed by atoms with Gasteiger partial charge in [0.2, 0.25) is 11.8 Å². The topological polar surface area (TPSA) is 105 Å². The molecule has 0 bridgehead atoms. The number of methoxy groups -OCH3 is 2. The largest absolute Gasteiger partial charge is 0.497 e. The Kier molecular flexibility index (Phi) is 12.0. The van der Waals surface area contributed by atoms with Gasteiger partial charge in [0.05, 0.1) is 24.8 Å². The summed E-state index contributed by atoms with van der Waals surface area (Å²) in [4.78, 5) is 30.1. The summed E-state index contributed by atoms with van der Waals surface area (Å²) in [6, 6.07) is 28.9. The number of ether oxygens (including phenoxy) is 2. The van der Waals surface area contributed by atoms with Crippen LogP contribution in [-0.2, 0) is 32.6 Å². The average Bonchev–Trinajstić information content (AvgIpc) is 3.08. The summed E-state index contributed by atoms with van der Waals surface area (Å²) in [6.07, 6.45) is 0.232. The fourth-order valence-electron chi connectivity index (χ4n) is 5.21. The first-order valence-corrected chi connectivity index (χ1v) is 16.9. The Balaban J connectivity index is 1.85. The smallest absolute Gasteiger partial charge is 0.264 e. The van der Waals surface area contributed by atoms with Crippen molar-refractivity contribution < 1.29 is 27.5 Å². The van der Waals surface area contributed by atoms with Crippen molar-refractivity contribution in [2.75, 3.05) is 31.6 Å². The molecule has 248 valence electrons. The summed E-state index contributed by atoms with van der Waals surface area (Å²) in [5.74, 6) is -0.0761. The molecule has 0 fully saturated rings. The number of nitrogens with one attached hydrogen (secondary N) is 1. The summed E-state index contributed by atoms with van der Waals surface area (Å²) in [6.45, 7) is 5.85. The van der Waals surface area contributed by atoms with E-state index in [4.69, 9.17) is 9.47 Å². The summed E-state index contributed by atoms with van der Waals surface area (Å²) in [5.41, 5.74) is 2.79. The van der Waals surface area contributed by atoms with Gasteiger partial charge in [-0.2, -0.15) is 0 Å². The van der Waals surface area contributed by atoms with Crippen LogP contribution in [0.1, 0.15) is 30.5 Å². The fourth-order valence-corrected chi connectivity index (χ4v) is 6.65. The molecule has 0 spiro atoms. The molecule has 4 rings (SSSR count). The molecule has 1 unspecified atom stereocenters. The normalized spacial score (nSPS) is 11.9. The van der Waals surface area contributed by atoms with Gasteiger partial charge in [-0.05, 0) is 48.2 Å². The molecule has 0 aromatic heterocycles. The number of hydrogen-bond acceptors (Lipinski definition) is 6. The second-order valence-electron chi connectivity index (χ2n) is 11.7. The van der Waals surface area contributed by atoms with Crippen molar-refractivity contribution >= 4 is 27.5 Å². The van der Waals surface area contributed by atoms with Crippen molar-refractivity contribution in [2.24, 2.45) is 5.92 Å². The van der Waals surface area contributed by atoms with E-state index in [2.05, 4.69) is 5.32 Å². The zero-order valence-electron chi connectivity index (χ0n) is 27.6. The van der Waals surface area contributed by atoms with Crippen LogP contribution < -0.4 is 19.1 Å². The maximum absolute atomic E-state index is 14.7. The van der Waals surface area contributed by atoms with Crippen LogP contribution in [0.2, 0.25) is 0 Å². The standard InChI is InChI=1S/C37H43N3O6S/c1-27(2)24-38-37(42)34(22-29-14-8-6-9-15-29)39(25-30-16-12-13-28(3)21-30)36(41)26-40(47(43,44)32-17-10-7-11-18-32)33-23-31(45-4)19-20-35(33)46-5/h6-21,23,27,34H,22,24-26H2,1-5H3,(H,38,42). The molecule has 0 saturated carbocycles. The number of benzene rings is 4. The van der Waals surface area contributed by atoms with E-state index in [0.717, 1.165) is 21.0 Å². The first kappa shape index (κ1) is 35.0. The lowest BCUT2D eigenvalue weighted by atomic mass is 10.0. The first-order chi connectivity index (χ1) is 22.5. The highest BCUT2D eigenvalue weighted by Gasteiger charge is 2.35. The Morgan fingerprint density at radius 3 is 2.09 bits per heavy atom. The quantitative estimate of drug-likeness (QED) is 0.178.